The van der Waals surface area contributed by atoms with Crippen molar-refractivity contribution < 1.29 is 9.53 Å². The Labute approximate surface area is 139 Å². The van der Waals surface area contributed by atoms with Crippen LogP contribution in [0.2, 0.25) is 0 Å². The number of nitrogens with one attached hydrogen (secondary N) is 1. The molecule has 22 heavy (non-hydrogen) atoms. The topological polar surface area (TPSA) is 38.3 Å². The molecule has 2 rings (SSSR count). The van der Waals surface area contributed by atoms with E-state index in [0.29, 0.717) is 17.2 Å². The zero-order chi connectivity index (χ0) is 16.3. The van der Waals surface area contributed by atoms with E-state index in [2.05, 4.69) is 35.1 Å². The Kier molecular flexibility index (Phi) is 5.24. The fourth-order valence-corrected chi connectivity index (χ4v) is 2.89. The first kappa shape index (κ1) is 16.6. The molecule has 0 fully saturated rings. The third-order valence-corrected chi connectivity index (χ3v) is 3.98. The number of anilines is 1. The van der Waals surface area contributed by atoms with Gasteiger partial charge in [-0.1, -0.05) is 41.9 Å². The smallest absolute Gasteiger partial charge is 0.259 e. The van der Waals surface area contributed by atoms with Crippen molar-refractivity contribution in [3.63, 3.8) is 0 Å². The summed E-state index contributed by atoms with van der Waals surface area (Å²) >= 11 is 3.42. The number of benzene rings is 2. The third-order valence-electron chi connectivity index (χ3n) is 3.52. The summed E-state index contributed by atoms with van der Waals surface area (Å²) in [5.74, 6) is 0.885. The summed E-state index contributed by atoms with van der Waals surface area (Å²) in [6.07, 6.45) is 0. The van der Waals surface area contributed by atoms with E-state index in [1.54, 1.807) is 13.2 Å². The predicted molar refractivity (Wildman–Crippen MR) is 93.9 cm³/mol. The van der Waals surface area contributed by atoms with Crippen LogP contribution >= 0.6 is 15.9 Å². The lowest BCUT2D eigenvalue weighted by molar-refractivity contribution is 0.102. The molecule has 0 bridgehead atoms. The van der Waals surface area contributed by atoms with Crippen LogP contribution in [-0.2, 0) is 0 Å². The Morgan fingerprint density at radius 3 is 2.36 bits per heavy atom. The Morgan fingerprint density at radius 2 is 1.82 bits per heavy atom. The van der Waals surface area contributed by atoms with Gasteiger partial charge in [-0.05, 0) is 48.2 Å². The molecule has 1 amide bonds. The van der Waals surface area contributed by atoms with Crippen LogP contribution in [0.4, 0.5) is 5.69 Å². The van der Waals surface area contributed by atoms with Crippen LogP contribution in [0.15, 0.2) is 40.9 Å². The fraction of sp³-hybridized carbons (Fsp3) is 0.278. The Morgan fingerprint density at radius 1 is 1.18 bits per heavy atom. The summed E-state index contributed by atoms with van der Waals surface area (Å²) in [7, 11) is 1.57. The molecule has 3 nitrogen and oxygen atoms in total. The second-order valence-electron chi connectivity index (χ2n) is 5.53. The highest BCUT2D eigenvalue weighted by molar-refractivity contribution is 9.10. The van der Waals surface area contributed by atoms with Gasteiger partial charge < -0.3 is 10.1 Å². The number of ether oxygens (including phenoxy) is 1. The SMILES string of the molecule is COc1c(C)cc(Br)cc1C(=O)Nc1ccc(C(C)C)cc1. The molecule has 1 N–H and O–H groups in total. The van der Waals surface area contributed by atoms with E-state index in [9.17, 15) is 4.79 Å². The number of halogens is 1. The van der Waals surface area contributed by atoms with Gasteiger partial charge in [-0.3, -0.25) is 4.79 Å². The molecule has 4 heteroatoms. The van der Waals surface area contributed by atoms with Gasteiger partial charge in [0.25, 0.3) is 5.91 Å². The number of rotatable bonds is 4. The zero-order valence-electron chi connectivity index (χ0n) is 13.2. The molecule has 0 aromatic heterocycles. The van der Waals surface area contributed by atoms with Crippen molar-refractivity contribution in [1.29, 1.82) is 0 Å². The van der Waals surface area contributed by atoms with Crippen LogP contribution in [0.25, 0.3) is 0 Å². The van der Waals surface area contributed by atoms with E-state index in [1.165, 1.54) is 5.56 Å². The quantitative estimate of drug-likeness (QED) is 0.818. The fourth-order valence-electron chi connectivity index (χ4n) is 2.32. The summed E-state index contributed by atoms with van der Waals surface area (Å²) < 4.78 is 6.21. The van der Waals surface area contributed by atoms with Crippen LogP contribution in [-0.4, -0.2) is 13.0 Å². The van der Waals surface area contributed by atoms with Crippen molar-refractivity contribution in [3.05, 3.63) is 57.6 Å². The molecule has 2 aromatic carbocycles. The largest absolute Gasteiger partial charge is 0.496 e. The number of hydrogen-bond donors (Lipinski definition) is 1. The van der Waals surface area contributed by atoms with E-state index in [1.807, 2.05) is 37.3 Å². The van der Waals surface area contributed by atoms with Crippen molar-refractivity contribution in [2.24, 2.45) is 0 Å². The maximum atomic E-state index is 12.5. The van der Waals surface area contributed by atoms with Gasteiger partial charge in [0.05, 0.1) is 12.7 Å². The lowest BCUT2D eigenvalue weighted by Crippen LogP contribution is -2.14. The monoisotopic (exact) mass is 361 g/mol. The van der Waals surface area contributed by atoms with Gasteiger partial charge in [0.1, 0.15) is 5.75 Å². The molecule has 0 radical (unpaired) electrons. The van der Waals surface area contributed by atoms with Gasteiger partial charge in [-0.2, -0.15) is 0 Å². The van der Waals surface area contributed by atoms with Gasteiger partial charge in [0.15, 0.2) is 0 Å². The first-order valence-electron chi connectivity index (χ1n) is 7.17. The highest BCUT2D eigenvalue weighted by Gasteiger charge is 2.15. The third kappa shape index (κ3) is 3.69. The van der Waals surface area contributed by atoms with E-state index in [-0.39, 0.29) is 5.91 Å². The second-order valence-corrected chi connectivity index (χ2v) is 6.45. The average molecular weight is 362 g/mol. The van der Waals surface area contributed by atoms with Crippen LogP contribution in [0.1, 0.15) is 41.3 Å². The molecule has 0 aliphatic rings. The zero-order valence-corrected chi connectivity index (χ0v) is 14.8. The van der Waals surface area contributed by atoms with Gasteiger partial charge >= 0.3 is 0 Å². The number of amides is 1. The first-order chi connectivity index (χ1) is 10.4. The van der Waals surface area contributed by atoms with Gasteiger partial charge in [-0.25, -0.2) is 0 Å². The van der Waals surface area contributed by atoms with Crippen LogP contribution in [0, 0.1) is 6.92 Å². The summed E-state index contributed by atoms with van der Waals surface area (Å²) in [6, 6.07) is 11.6. The van der Waals surface area contributed by atoms with Gasteiger partial charge in [-0.15, -0.1) is 0 Å². The maximum Gasteiger partial charge on any atom is 0.259 e. The number of carbonyl (C=O) groups is 1. The molecule has 0 spiro atoms. The highest BCUT2D eigenvalue weighted by Crippen LogP contribution is 2.28. The molecule has 0 heterocycles. The molecule has 0 saturated heterocycles. The predicted octanol–water partition coefficient (Wildman–Crippen LogP) is 5.14. The van der Waals surface area contributed by atoms with Crippen LogP contribution < -0.4 is 10.1 Å². The van der Waals surface area contributed by atoms with Crippen molar-refractivity contribution in [1.82, 2.24) is 0 Å². The summed E-state index contributed by atoms with van der Waals surface area (Å²) in [4.78, 5) is 12.5. The molecule has 0 unspecified atom stereocenters. The summed E-state index contributed by atoms with van der Waals surface area (Å²) in [5, 5.41) is 2.91. The molecular formula is C18H20BrNO2. The minimum absolute atomic E-state index is 0.182. The first-order valence-corrected chi connectivity index (χ1v) is 7.97. The Bertz CT molecular complexity index is 678. The van der Waals surface area contributed by atoms with E-state index in [0.717, 1.165) is 15.7 Å². The van der Waals surface area contributed by atoms with Gasteiger partial charge in [0, 0.05) is 10.2 Å². The molecule has 2 aromatic rings. The number of methoxy groups -OCH3 is 1. The number of aryl methyl sites for hydroxylation is 1. The van der Waals surface area contributed by atoms with Crippen LogP contribution in [0.3, 0.4) is 0 Å². The second kappa shape index (κ2) is 6.97. The summed E-state index contributed by atoms with van der Waals surface area (Å²) in [6.45, 7) is 6.20. The molecule has 116 valence electrons. The minimum atomic E-state index is -0.182. The standard InChI is InChI=1S/C18H20BrNO2/c1-11(2)13-5-7-15(8-6-13)20-18(21)16-10-14(19)9-12(3)17(16)22-4/h5-11H,1-4H3,(H,20,21). The van der Waals surface area contributed by atoms with E-state index in [4.69, 9.17) is 4.74 Å². The lowest BCUT2D eigenvalue weighted by Gasteiger charge is -2.13. The van der Waals surface area contributed by atoms with E-state index >= 15 is 0 Å². The van der Waals surface area contributed by atoms with Crippen LogP contribution in [0.5, 0.6) is 5.75 Å². The van der Waals surface area contributed by atoms with Gasteiger partial charge in [0.2, 0.25) is 0 Å². The normalized spacial score (nSPS) is 10.6. The minimum Gasteiger partial charge on any atom is -0.496 e. The molecular weight excluding hydrogens is 342 g/mol. The number of carbonyl (C=O) groups excluding carboxylic acids is 1. The number of hydrogen-bond acceptors (Lipinski definition) is 2. The van der Waals surface area contributed by atoms with E-state index < -0.39 is 0 Å². The molecule has 0 aliphatic carbocycles. The van der Waals surface area contributed by atoms with Crippen molar-refractivity contribution in [2.45, 2.75) is 26.7 Å². The average Bonchev–Trinajstić information content (AvgIpc) is 2.47. The van der Waals surface area contributed by atoms with Crippen molar-refractivity contribution in [2.75, 3.05) is 12.4 Å². The Balaban J connectivity index is 2.25. The van der Waals surface area contributed by atoms with Crippen molar-refractivity contribution >= 4 is 27.5 Å². The lowest BCUT2D eigenvalue weighted by atomic mass is 10.0. The molecule has 0 saturated carbocycles. The highest BCUT2D eigenvalue weighted by atomic mass is 79.9. The Hall–Kier alpha value is -1.81. The summed E-state index contributed by atoms with van der Waals surface area (Å²) in [5.41, 5.74) is 3.45. The molecule has 0 atom stereocenters. The molecule has 0 aliphatic heterocycles. The maximum absolute atomic E-state index is 12.5. The van der Waals surface area contributed by atoms with Crippen molar-refractivity contribution in [3.8, 4) is 5.75 Å².